The van der Waals surface area contributed by atoms with Gasteiger partial charge in [-0.3, -0.25) is 4.90 Å². The van der Waals surface area contributed by atoms with Crippen molar-refractivity contribution in [2.24, 2.45) is 5.41 Å². The molecule has 1 aliphatic rings. The molecule has 0 amide bonds. The fourth-order valence-corrected chi connectivity index (χ4v) is 3.21. The molecule has 0 bridgehead atoms. The first-order valence-electron chi connectivity index (χ1n) is 6.44. The fourth-order valence-electron chi connectivity index (χ4n) is 2.67. The van der Waals surface area contributed by atoms with E-state index in [1.807, 2.05) is 0 Å². The third kappa shape index (κ3) is 3.54. The zero-order chi connectivity index (χ0) is 14.0. The minimum absolute atomic E-state index is 0.0593. The predicted molar refractivity (Wildman–Crippen MR) is 77.8 cm³/mol. The van der Waals surface area contributed by atoms with Gasteiger partial charge in [-0.15, -0.1) is 0 Å². The van der Waals surface area contributed by atoms with Gasteiger partial charge in [0.05, 0.1) is 5.02 Å². The van der Waals surface area contributed by atoms with E-state index in [2.05, 4.69) is 11.8 Å². The second-order valence-electron chi connectivity index (χ2n) is 5.68. The summed E-state index contributed by atoms with van der Waals surface area (Å²) in [5, 5.41) is 20.2. The summed E-state index contributed by atoms with van der Waals surface area (Å²) in [4.78, 5) is 2.22. The molecule has 2 rings (SSSR count). The molecule has 0 spiro atoms. The maximum atomic E-state index is 9.97. The number of phenolic OH excluding ortho intramolecular Hbond substituents is 1. The minimum Gasteiger partial charge on any atom is -0.506 e. The number of phenols is 1. The molecule has 1 saturated heterocycles. The highest BCUT2D eigenvalue weighted by Crippen LogP contribution is 2.34. The molecule has 5 heteroatoms. The number of aromatic hydroxyl groups is 1. The smallest absolute Gasteiger partial charge is 0.138 e. The van der Waals surface area contributed by atoms with Crippen LogP contribution in [0, 0.1) is 5.41 Å². The molecule has 0 aromatic heterocycles. The molecular weight excluding hydrogens is 285 g/mol. The van der Waals surface area contributed by atoms with Gasteiger partial charge in [0.25, 0.3) is 0 Å². The van der Waals surface area contributed by atoms with E-state index in [0.717, 1.165) is 31.5 Å². The van der Waals surface area contributed by atoms with Gasteiger partial charge < -0.3 is 10.2 Å². The van der Waals surface area contributed by atoms with Crippen molar-refractivity contribution in [2.75, 3.05) is 19.7 Å². The highest BCUT2D eigenvalue weighted by molar-refractivity contribution is 6.35. The van der Waals surface area contributed by atoms with E-state index in [1.165, 1.54) is 6.07 Å². The number of aliphatic hydroxyl groups is 1. The van der Waals surface area contributed by atoms with Crippen molar-refractivity contribution in [1.29, 1.82) is 0 Å². The lowest BCUT2D eigenvalue weighted by molar-refractivity contribution is 0.0426. The zero-order valence-corrected chi connectivity index (χ0v) is 12.5. The first-order chi connectivity index (χ1) is 8.93. The Balaban J connectivity index is 2.13. The zero-order valence-electron chi connectivity index (χ0n) is 11.0. The number of nitrogens with zero attached hydrogens (tertiary/aromatic N) is 1. The van der Waals surface area contributed by atoms with E-state index in [9.17, 15) is 10.2 Å². The second-order valence-corrected chi connectivity index (χ2v) is 6.52. The van der Waals surface area contributed by atoms with Crippen LogP contribution in [0.1, 0.15) is 25.3 Å². The summed E-state index contributed by atoms with van der Waals surface area (Å²) in [6.07, 6.45) is 2.08. The van der Waals surface area contributed by atoms with Crippen LogP contribution in [0.3, 0.4) is 0 Å². The van der Waals surface area contributed by atoms with Crippen LogP contribution < -0.4 is 0 Å². The molecule has 0 radical (unpaired) electrons. The molecular formula is C14H19Cl2NO2. The standard InChI is InChI=1S/C14H19Cl2NO2/c1-14(9-18)3-2-4-17(8-14)7-10-5-11(15)6-12(16)13(10)19/h5-6,18-19H,2-4,7-9H2,1H3. The van der Waals surface area contributed by atoms with Crippen LogP contribution in [0.4, 0.5) is 0 Å². The average Bonchev–Trinajstić information content (AvgIpc) is 2.35. The van der Waals surface area contributed by atoms with Crippen molar-refractivity contribution in [1.82, 2.24) is 4.90 Å². The van der Waals surface area contributed by atoms with Crippen molar-refractivity contribution >= 4 is 23.2 Å². The van der Waals surface area contributed by atoms with E-state index in [4.69, 9.17) is 23.2 Å². The molecule has 1 aromatic carbocycles. The lowest BCUT2D eigenvalue weighted by atomic mass is 9.82. The van der Waals surface area contributed by atoms with Gasteiger partial charge in [-0.1, -0.05) is 30.1 Å². The summed E-state index contributed by atoms with van der Waals surface area (Å²) in [7, 11) is 0. The molecule has 2 N–H and O–H groups in total. The maximum Gasteiger partial charge on any atom is 0.138 e. The topological polar surface area (TPSA) is 43.7 Å². The number of halogens is 2. The highest BCUT2D eigenvalue weighted by atomic mass is 35.5. The summed E-state index contributed by atoms with van der Waals surface area (Å²) in [6, 6.07) is 3.28. The van der Waals surface area contributed by atoms with E-state index < -0.39 is 0 Å². The normalized spacial score (nSPS) is 24.6. The Kier molecular flexibility index (Phi) is 4.62. The first-order valence-corrected chi connectivity index (χ1v) is 7.19. The summed E-state index contributed by atoms with van der Waals surface area (Å²) in [5.74, 6) is 0.0994. The second kappa shape index (κ2) is 5.88. The summed E-state index contributed by atoms with van der Waals surface area (Å²) in [5.41, 5.74) is 0.677. The van der Waals surface area contributed by atoms with Crippen molar-refractivity contribution in [3.05, 3.63) is 27.7 Å². The van der Waals surface area contributed by atoms with Gasteiger partial charge in [-0.2, -0.15) is 0 Å². The van der Waals surface area contributed by atoms with E-state index >= 15 is 0 Å². The van der Waals surface area contributed by atoms with Crippen molar-refractivity contribution in [3.8, 4) is 5.75 Å². The maximum absolute atomic E-state index is 9.97. The third-order valence-electron chi connectivity index (χ3n) is 3.74. The molecule has 1 aliphatic heterocycles. The molecule has 1 aromatic rings. The van der Waals surface area contributed by atoms with Crippen molar-refractivity contribution in [2.45, 2.75) is 26.3 Å². The van der Waals surface area contributed by atoms with Crippen LogP contribution in [0.15, 0.2) is 12.1 Å². The van der Waals surface area contributed by atoms with E-state index in [-0.39, 0.29) is 22.8 Å². The van der Waals surface area contributed by atoms with Crippen LogP contribution in [-0.4, -0.2) is 34.8 Å². The van der Waals surface area contributed by atoms with Crippen LogP contribution in [-0.2, 0) is 6.54 Å². The SMILES string of the molecule is CC1(CO)CCCN(Cc2cc(Cl)cc(Cl)c2O)C1. The molecule has 1 atom stereocenters. The Morgan fingerprint density at radius 2 is 2.11 bits per heavy atom. The molecule has 106 valence electrons. The highest BCUT2D eigenvalue weighted by Gasteiger charge is 2.30. The quantitative estimate of drug-likeness (QED) is 0.900. The molecule has 1 fully saturated rings. The van der Waals surface area contributed by atoms with Crippen LogP contribution >= 0.6 is 23.2 Å². The molecule has 1 unspecified atom stereocenters. The monoisotopic (exact) mass is 303 g/mol. The van der Waals surface area contributed by atoms with Crippen LogP contribution in [0.25, 0.3) is 0 Å². The Labute approximate surface area is 123 Å². The van der Waals surface area contributed by atoms with Gasteiger partial charge in [-0.25, -0.2) is 0 Å². The Bertz CT molecular complexity index is 467. The minimum atomic E-state index is -0.0593. The van der Waals surface area contributed by atoms with Crippen LogP contribution in [0.2, 0.25) is 10.0 Å². The average molecular weight is 304 g/mol. The molecule has 1 heterocycles. The van der Waals surface area contributed by atoms with Gasteiger partial charge >= 0.3 is 0 Å². The van der Waals surface area contributed by atoms with Gasteiger partial charge in [0.1, 0.15) is 5.75 Å². The Morgan fingerprint density at radius 1 is 1.37 bits per heavy atom. The number of benzene rings is 1. The van der Waals surface area contributed by atoms with Crippen LogP contribution in [0.5, 0.6) is 5.75 Å². The summed E-state index contributed by atoms with van der Waals surface area (Å²) in [6.45, 7) is 4.64. The summed E-state index contributed by atoms with van der Waals surface area (Å²) < 4.78 is 0. The number of hydrogen-bond donors (Lipinski definition) is 2. The number of rotatable bonds is 3. The number of aliphatic hydroxyl groups excluding tert-OH is 1. The van der Waals surface area contributed by atoms with Gasteiger partial charge in [0.2, 0.25) is 0 Å². The first kappa shape index (κ1) is 14.9. The van der Waals surface area contributed by atoms with Gasteiger partial charge in [-0.05, 0) is 31.5 Å². The number of likely N-dealkylation sites (tertiary alicyclic amines) is 1. The molecule has 19 heavy (non-hydrogen) atoms. The molecule has 0 aliphatic carbocycles. The molecule has 3 nitrogen and oxygen atoms in total. The lowest BCUT2D eigenvalue weighted by Gasteiger charge is -2.39. The molecule has 0 saturated carbocycles. The number of piperidine rings is 1. The van der Waals surface area contributed by atoms with Crippen molar-refractivity contribution < 1.29 is 10.2 Å². The fraction of sp³-hybridized carbons (Fsp3) is 0.571. The predicted octanol–water partition coefficient (Wildman–Crippen LogP) is 3.29. The van der Waals surface area contributed by atoms with E-state index in [0.29, 0.717) is 11.6 Å². The lowest BCUT2D eigenvalue weighted by Crippen LogP contribution is -2.43. The van der Waals surface area contributed by atoms with Crippen molar-refractivity contribution in [3.63, 3.8) is 0 Å². The summed E-state index contributed by atoms with van der Waals surface area (Å²) >= 11 is 11.9. The third-order valence-corrected chi connectivity index (χ3v) is 4.25. The van der Waals surface area contributed by atoms with Gasteiger partial charge in [0.15, 0.2) is 0 Å². The van der Waals surface area contributed by atoms with Gasteiger partial charge in [0, 0.05) is 35.7 Å². The Morgan fingerprint density at radius 3 is 2.79 bits per heavy atom. The van der Waals surface area contributed by atoms with E-state index in [1.54, 1.807) is 6.07 Å². The number of hydrogen-bond acceptors (Lipinski definition) is 3. The Hall–Kier alpha value is -0.480. The largest absolute Gasteiger partial charge is 0.506 e.